The van der Waals surface area contributed by atoms with E-state index in [1.54, 1.807) is 17.7 Å². The minimum absolute atomic E-state index is 0.148. The van der Waals surface area contributed by atoms with Crippen molar-refractivity contribution in [3.63, 3.8) is 0 Å². The number of hydrogen-bond donors (Lipinski definition) is 0. The molecule has 3 fully saturated rings. The Labute approximate surface area is 166 Å². The Hall–Kier alpha value is -2.25. The third kappa shape index (κ3) is 2.39. The zero-order chi connectivity index (χ0) is 19.7. The number of aromatic nitrogens is 2. The van der Waals surface area contributed by atoms with E-state index >= 15 is 0 Å². The Balaban J connectivity index is 1.50. The topological polar surface area (TPSA) is 64.4 Å². The number of hydrogen-bond acceptors (Lipinski definition) is 4. The van der Waals surface area contributed by atoms with Crippen molar-refractivity contribution in [1.82, 2.24) is 9.78 Å². The first-order chi connectivity index (χ1) is 13.4. The largest absolute Gasteiger partial charge is 0.373 e. The van der Waals surface area contributed by atoms with E-state index < -0.39 is 5.82 Å². The van der Waals surface area contributed by atoms with Crippen LogP contribution in [-0.2, 0) is 20.9 Å². The predicted molar refractivity (Wildman–Crippen MR) is 99.6 cm³/mol. The fourth-order valence-corrected chi connectivity index (χ4v) is 5.14. The summed E-state index contributed by atoms with van der Waals surface area (Å²) in [6, 6.07) is 4.21. The van der Waals surface area contributed by atoms with Gasteiger partial charge >= 0.3 is 0 Å². The molecular weight excluding hydrogens is 385 g/mol. The second kappa shape index (κ2) is 6.12. The highest BCUT2D eigenvalue weighted by Crippen LogP contribution is 2.50. The van der Waals surface area contributed by atoms with Crippen molar-refractivity contribution in [2.45, 2.75) is 45.4 Å². The van der Waals surface area contributed by atoms with Gasteiger partial charge in [0.25, 0.3) is 0 Å². The first-order valence-electron chi connectivity index (χ1n) is 9.38. The molecule has 0 N–H and O–H groups in total. The molecule has 28 heavy (non-hydrogen) atoms. The van der Waals surface area contributed by atoms with Gasteiger partial charge in [-0.1, -0.05) is 17.7 Å². The highest BCUT2D eigenvalue weighted by atomic mass is 35.5. The van der Waals surface area contributed by atoms with Crippen molar-refractivity contribution in [3.8, 4) is 0 Å². The molecule has 1 aromatic heterocycles. The van der Waals surface area contributed by atoms with Gasteiger partial charge in [-0.25, -0.2) is 9.29 Å². The van der Waals surface area contributed by atoms with Crippen LogP contribution in [0.3, 0.4) is 0 Å². The number of nitrogens with zero attached hydrogens (tertiary/aromatic N) is 3. The number of carbonyl (C=O) groups excluding carboxylic acids is 2. The van der Waals surface area contributed by atoms with Gasteiger partial charge in [0.1, 0.15) is 5.82 Å². The summed E-state index contributed by atoms with van der Waals surface area (Å²) in [5.74, 6) is -1.53. The van der Waals surface area contributed by atoms with Crippen LogP contribution >= 0.6 is 11.6 Å². The molecule has 2 aromatic rings. The van der Waals surface area contributed by atoms with Gasteiger partial charge in [-0.05, 0) is 44.4 Å². The maximum Gasteiger partial charge on any atom is 0.240 e. The van der Waals surface area contributed by atoms with Crippen molar-refractivity contribution in [2.24, 2.45) is 11.8 Å². The van der Waals surface area contributed by atoms with Crippen LogP contribution in [0.5, 0.6) is 0 Å². The lowest BCUT2D eigenvalue weighted by Crippen LogP contribution is -2.35. The Kier molecular flexibility index (Phi) is 3.90. The van der Waals surface area contributed by atoms with E-state index in [1.165, 1.54) is 17.0 Å². The van der Waals surface area contributed by atoms with Gasteiger partial charge in [0.05, 0.1) is 47.7 Å². The average molecular weight is 404 g/mol. The molecule has 4 atom stereocenters. The first-order valence-corrected chi connectivity index (χ1v) is 9.76. The summed E-state index contributed by atoms with van der Waals surface area (Å²) in [5, 5.41) is 4.83. The second-order valence-corrected chi connectivity index (χ2v) is 8.17. The van der Waals surface area contributed by atoms with E-state index in [0.717, 1.165) is 12.8 Å². The Morgan fingerprint density at radius 2 is 1.82 bits per heavy atom. The fraction of sp³-hybridized carbons (Fsp3) is 0.450. The summed E-state index contributed by atoms with van der Waals surface area (Å²) in [6.07, 6.45) is 1.37. The molecule has 8 heteroatoms. The van der Waals surface area contributed by atoms with Gasteiger partial charge in [-0.3, -0.25) is 14.3 Å². The number of fused-ring (bicyclic) bond motifs is 5. The molecule has 3 aliphatic rings. The monoisotopic (exact) mass is 403 g/mol. The highest BCUT2D eigenvalue weighted by molar-refractivity contribution is 6.31. The van der Waals surface area contributed by atoms with E-state index in [2.05, 4.69) is 5.10 Å². The molecule has 4 heterocycles. The van der Waals surface area contributed by atoms with Gasteiger partial charge in [0.2, 0.25) is 11.8 Å². The lowest BCUT2D eigenvalue weighted by Gasteiger charge is -2.18. The number of anilines is 1. The maximum absolute atomic E-state index is 13.3. The lowest BCUT2D eigenvalue weighted by molar-refractivity contribution is -0.124. The normalized spacial score (nSPS) is 28.5. The quantitative estimate of drug-likeness (QED) is 0.739. The number of rotatable bonds is 3. The van der Waals surface area contributed by atoms with Crippen LogP contribution in [0.4, 0.5) is 10.1 Å². The SMILES string of the molecule is Cc1nn(Cc2ccc(F)cc2Cl)c(C)c1N1C(=O)[C@@H]2[C@H](C1=O)[C@@H]1CC[C@@H]2O1. The summed E-state index contributed by atoms with van der Waals surface area (Å²) in [7, 11) is 0. The minimum atomic E-state index is -0.403. The number of halogens is 2. The Morgan fingerprint density at radius 1 is 1.18 bits per heavy atom. The molecule has 3 saturated heterocycles. The zero-order valence-electron chi connectivity index (χ0n) is 15.5. The van der Waals surface area contributed by atoms with E-state index in [9.17, 15) is 14.0 Å². The van der Waals surface area contributed by atoms with Crippen molar-refractivity contribution in [1.29, 1.82) is 0 Å². The van der Waals surface area contributed by atoms with Crippen LogP contribution in [0, 0.1) is 31.5 Å². The second-order valence-electron chi connectivity index (χ2n) is 7.77. The standard InChI is InChI=1S/C20H19ClFN3O3/c1-9-18(10(2)24(23-9)8-11-3-4-12(22)7-13(11)21)25-19(26)16-14-5-6-15(28-14)17(16)20(25)27/h3-4,7,14-17H,5-6,8H2,1-2H3/t14-,15-,16-,17+/m0/s1. The van der Waals surface area contributed by atoms with Crippen LogP contribution in [0.25, 0.3) is 0 Å². The van der Waals surface area contributed by atoms with Crippen LogP contribution in [-0.4, -0.2) is 33.8 Å². The molecule has 0 saturated carbocycles. The molecule has 0 unspecified atom stereocenters. The molecule has 5 rings (SSSR count). The van der Waals surface area contributed by atoms with Crippen LogP contribution in [0.15, 0.2) is 18.2 Å². The molecule has 2 bridgehead atoms. The van der Waals surface area contributed by atoms with Crippen molar-refractivity contribution < 1.29 is 18.7 Å². The number of carbonyl (C=O) groups is 2. The molecule has 0 spiro atoms. The number of benzene rings is 1. The molecule has 6 nitrogen and oxygen atoms in total. The van der Waals surface area contributed by atoms with Crippen molar-refractivity contribution >= 4 is 29.1 Å². The molecule has 0 radical (unpaired) electrons. The van der Waals surface area contributed by atoms with Crippen molar-refractivity contribution in [2.75, 3.05) is 4.90 Å². The first kappa shape index (κ1) is 17.8. The van der Waals surface area contributed by atoms with E-state index in [-0.39, 0.29) is 35.9 Å². The van der Waals surface area contributed by atoms with Gasteiger partial charge < -0.3 is 4.74 Å². The van der Waals surface area contributed by atoms with Gasteiger partial charge in [-0.15, -0.1) is 0 Å². The highest BCUT2D eigenvalue weighted by Gasteiger charge is 2.63. The Morgan fingerprint density at radius 3 is 2.43 bits per heavy atom. The number of ether oxygens (including phenoxy) is 1. The number of imide groups is 1. The third-order valence-corrected chi connectivity index (χ3v) is 6.54. The molecule has 146 valence electrons. The number of aryl methyl sites for hydroxylation is 1. The summed E-state index contributed by atoms with van der Waals surface area (Å²) < 4.78 is 20.8. The fourth-order valence-electron chi connectivity index (χ4n) is 4.91. The van der Waals surface area contributed by atoms with E-state index in [1.807, 2.05) is 6.92 Å². The van der Waals surface area contributed by atoms with Crippen LogP contribution in [0.2, 0.25) is 5.02 Å². The predicted octanol–water partition coefficient (Wildman–Crippen LogP) is 3.01. The lowest BCUT2D eigenvalue weighted by atomic mass is 9.81. The van der Waals surface area contributed by atoms with Crippen molar-refractivity contribution in [3.05, 3.63) is 46.0 Å². The third-order valence-electron chi connectivity index (χ3n) is 6.19. The van der Waals surface area contributed by atoms with Gasteiger partial charge in [-0.2, -0.15) is 5.10 Å². The molecule has 1 aromatic carbocycles. The van der Waals surface area contributed by atoms with Gasteiger partial charge in [0.15, 0.2) is 0 Å². The smallest absolute Gasteiger partial charge is 0.240 e. The van der Waals surface area contributed by atoms with Crippen LogP contribution in [0.1, 0.15) is 29.8 Å². The van der Waals surface area contributed by atoms with Gasteiger partial charge in [0, 0.05) is 5.02 Å². The summed E-state index contributed by atoms with van der Waals surface area (Å²) in [6.45, 7) is 3.93. The molecular formula is C20H19ClFN3O3. The number of amides is 2. The summed E-state index contributed by atoms with van der Waals surface area (Å²) in [5.41, 5.74) is 2.56. The van der Waals surface area contributed by atoms with E-state index in [4.69, 9.17) is 16.3 Å². The zero-order valence-corrected chi connectivity index (χ0v) is 16.2. The molecule has 3 aliphatic heterocycles. The van der Waals surface area contributed by atoms with E-state index in [0.29, 0.717) is 34.2 Å². The summed E-state index contributed by atoms with van der Waals surface area (Å²) in [4.78, 5) is 27.5. The Bertz CT molecular complexity index is 992. The molecule has 0 aliphatic carbocycles. The maximum atomic E-state index is 13.3. The summed E-state index contributed by atoms with van der Waals surface area (Å²) >= 11 is 6.14. The van der Waals surface area contributed by atoms with Crippen LogP contribution < -0.4 is 4.90 Å². The molecule has 2 amide bonds. The minimum Gasteiger partial charge on any atom is -0.373 e. The average Bonchev–Trinajstić information content (AvgIpc) is 3.37.